The molecule has 0 radical (unpaired) electrons. The van der Waals surface area contributed by atoms with E-state index in [1.54, 1.807) is 0 Å². The molecule has 0 unspecified atom stereocenters. The van der Waals surface area contributed by atoms with Crippen molar-refractivity contribution in [2.75, 3.05) is 11.9 Å². The third-order valence-corrected chi connectivity index (χ3v) is 1.50. The molecule has 1 heterocycles. The van der Waals surface area contributed by atoms with Gasteiger partial charge in [-0.15, -0.1) is 0 Å². The highest BCUT2D eigenvalue weighted by Crippen LogP contribution is 2.11. The maximum Gasteiger partial charge on any atom is 0.287 e. The largest absolute Gasteiger partial charge is 0.369 e. The van der Waals surface area contributed by atoms with Crippen LogP contribution in [0.15, 0.2) is 18.3 Å². The number of nitrogens with zero attached hydrogens (tertiary/aromatic N) is 3. The minimum absolute atomic E-state index is 0.0455. The first-order valence-corrected chi connectivity index (χ1v) is 3.95. The van der Waals surface area contributed by atoms with E-state index in [-0.39, 0.29) is 5.69 Å². The minimum atomic E-state index is -0.508. The third kappa shape index (κ3) is 2.71. The van der Waals surface area contributed by atoms with Gasteiger partial charge in [0.2, 0.25) is 0 Å². The second kappa shape index (κ2) is 4.77. The van der Waals surface area contributed by atoms with Crippen LogP contribution in [0.5, 0.6) is 0 Å². The number of rotatable bonds is 4. The Morgan fingerprint density at radius 3 is 2.93 bits per heavy atom. The number of pyridine rings is 1. The minimum Gasteiger partial charge on any atom is -0.369 e. The smallest absolute Gasteiger partial charge is 0.287 e. The van der Waals surface area contributed by atoms with Gasteiger partial charge in [-0.1, -0.05) is 0 Å². The summed E-state index contributed by atoms with van der Waals surface area (Å²) in [4.78, 5) is 13.6. The molecule has 0 aliphatic heterocycles. The molecule has 0 saturated carbocycles. The van der Waals surface area contributed by atoms with E-state index in [0.29, 0.717) is 18.8 Å². The van der Waals surface area contributed by atoms with Crippen molar-refractivity contribution >= 4 is 11.5 Å². The zero-order chi connectivity index (χ0) is 10.4. The van der Waals surface area contributed by atoms with Gasteiger partial charge in [-0.25, -0.2) is 4.98 Å². The highest BCUT2D eigenvalue weighted by Gasteiger charge is 2.04. The van der Waals surface area contributed by atoms with Gasteiger partial charge in [-0.05, 0) is 6.07 Å². The van der Waals surface area contributed by atoms with Crippen LogP contribution in [-0.2, 0) is 0 Å². The number of hydrogen-bond donors (Lipinski definition) is 1. The summed E-state index contributed by atoms with van der Waals surface area (Å²) in [6, 6.07) is 4.84. The second-order valence-corrected chi connectivity index (χ2v) is 2.49. The van der Waals surface area contributed by atoms with E-state index in [1.165, 1.54) is 18.3 Å². The van der Waals surface area contributed by atoms with Gasteiger partial charge in [-0.3, -0.25) is 10.1 Å². The summed E-state index contributed by atoms with van der Waals surface area (Å²) in [7, 11) is 0. The second-order valence-electron chi connectivity index (χ2n) is 2.49. The van der Waals surface area contributed by atoms with Gasteiger partial charge >= 0.3 is 0 Å². The first kappa shape index (κ1) is 9.92. The van der Waals surface area contributed by atoms with Gasteiger partial charge in [0.15, 0.2) is 0 Å². The molecule has 0 aromatic carbocycles. The van der Waals surface area contributed by atoms with E-state index < -0.39 is 4.92 Å². The fourth-order valence-electron chi connectivity index (χ4n) is 0.845. The number of nitro groups is 1. The van der Waals surface area contributed by atoms with Gasteiger partial charge in [-0.2, -0.15) is 5.26 Å². The lowest BCUT2D eigenvalue weighted by atomic mass is 10.4. The molecule has 1 aromatic heterocycles. The molecule has 6 heteroatoms. The Morgan fingerprint density at radius 2 is 2.43 bits per heavy atom. The zero-order valence-electron chi connectivity index (χ0n) is 7.30. The van der Waals surface area contributed by atoms with E-state index in [2.05, 4.69) is 10.3 Å². The molecule has 1 N–H and O–H groups in total. The van der Waals surface area contributed by atoms with Crippen LogP contribution in [-0.4, -0.2) is 16.5 Å². The van der Waals surface area contributed by atoms with Crippen molar-refractivity contribution in [1.82, 2.24) is 4.98 Å². The monoisotopic (exact) mass is 192 g/mol. The van der Waals surface area contributed by atoms with Crippen LogP contribution >= 0.6 is 0 Å². The molecule has 72 valence electrons. The van der Waals surface area contributed by atoms with Crippen molar-refractivity contribution in [2.24, 2.45) is 0 Å². The first-order valence-electron chi connectivity index (χ1n) is 3.95. The average molecular weight is 192 g/mol. The Kier molecular flexibility index (Phi) is 3.38. The number of nitriles is 1. The van der Waals surface area contributed by atoms with Crippen molar-refractivity contribution in [1.29, 1.82) is 5.26 Å². The number of hydrogen-bond acceptors (Lipinski definition) is 5. The lowest BCUT2D eigenvalue weighted by Crippen LogP contribution is -2.02. The predicted molar refractivity (Wildman–Crippen MR) is 49.6 cm³/mol. The fraction of sp³-hybridized carbons (Fsp3) is 0.250. The average Bonchev–Trinajstić information content (AvgIpc) is 2.19. The van der Waals surface area contributed by atoms with E-state index >= 15 is 0 Å². The normalized spacial score (nSPS) is 9.07. The summed E-state index contributed by atoms with van der Waals surface area (Å²) in [5, 5.41) is 21.4. The summed E-state index contributed by atoms with van der Waals surface area (Å²) in [5.41, 5.74) is -0.0455. The van der Waals surface area contributed by atoms with Crippen molar-refractivity contribution in [2.45, 2.75) is 6.42 Å². The summed E-state index contributed by atoms with van der Waals surface area (Å²) < 4.78 is 0. The van der Waals surface area contributed by atoms with Crippen LogP contribution < -0.4 is 5.32 Å². The van der Waals surface area contributed by atoms with Gasteiger partial charge in [0, 0.05) is 12.6 Å². The van der Waals surface area contributed by atoms with Crippen LogP contribution in [0.25, 0.3) is 0 Å². The van der Waals surface area contributed by atoms with E-state index in [0.717, 1.165) is 0 Å². The Balaban J connectivity index is 2.56. The van der Waals surface area contributed by atoms with Crippen molar-refractivity contribution in [3.8, 4) is 6.07 Å². The summed E-state index contributed by atoms with van der Waals surface area (Å²) in [5.74, 6) is 0.533. The predicted octanol–water partition coefficient (Wildman–Crippen LogP) is 1.32. The molecular weight excluding hydrogens is 184 g/mol. The van der Waals surface area contributed by atoms with Crippen LogP contribution in [0.2, 0.25) is 0 Å². The lowest BCUT2D eigenvalue weighted by Gasteiger charge is -2.00. The van der Waals surface area contributed by atoms with Gasteiger partial charge < -0.3 is 5.32 Å². The highest BCUT2D eigenvalue weighted by atomic mass is 16.6. The molecule has 0 bridgehead atoms. The Labute approximate surface area is 80.3 Å². The maximum atomic E-state index is 10.3. The molecule has 0 aliphatic rings. The van der Waals surface area contributed by atoms with E-state index in [1.807, 2.05) is 6.07 Å². The molecule has 0 atom stereocenters. The molecule has 1 rings (SSSR count). The Hall–Kier alpha value is -2.16. The van der Waals surface area contributed by atoms with Crippen molar-refractivity contribution in [3.63, 3.8) is 0 Å². The van der Waals surface area contributed by atoms with E-state index in [9.17, 15) is 10.1 Å². The molecular formula is C8H8N4O2. The van der Waals surface area contributed by atoms with Gasteiger partial charge in [0.1, 0.15) is 12.0 Å². The Morgan fingerprint density at radius 1 is 1.64 bits per heavy atom. The van der Waals surface area contributed by atoms with Crippen molar-refractivity contribution < 1.29 is 4.92 Å². The molecule has 0 saturated heterocycles. The zero-order valence-corrected chi connectivity index (χ0v) is 7.30. The quantitative estimate of drug-likeness (QED) is 0.441. The fourth-order valence-corrected chi connectivity index (χ4v) is 0.845. The van der Waals surface area contributed by atoms with Crippen LogP contribution in [0, 0.1) is 21.4 Å². The summed E-state index contributed by atoms with van der Waals surface area (Å²) in [6.07, 6.45) is 1.55. The first-order chi connectivity index (χ1) is 6.74. The SMILES string of the molecule is N#CCCNc1ccc([N+](=O)[O-])cn1. The molecule has 0 fully saturated rings. The van der Waals surface area contributed by atoms with Gasteiger partial charge in [0.25, 0.3) is 5.69 Å². The van der Waals surface area contributed by atoms with Crippen LogP contribution in [0.3, 0.4) is 0 Å². The third-order valence-electron chi connectivity index (χ3n) is 1.50. The summed E-state index contributed by atoms with van der Waals surface area (Å²) in [6.45, 7) is 0.487. The Bertz CT molecular complexity index is 355. The molecule has 14 heavy (non-hydrogen) atoms. The maximum absolute atomic E-state index is 10.3. The van der Waals surface area contributed by atoms with Crippen LogP contribution in [0.4, 0.5) is 11.5 Å². The molecule has 1 aromatic rings. The molecule has 0 amide bonds. The standard InChI is InChI=1S/C8H8N4O2/c9-4-1-5-10-8-3-2-7(6-11-8)12(13)14/h2-3,6H,1,5H2,(H,10,11). The summed E-state index contributed by atoms with van der Waals surface area (Å²) >= 11 is 0. The molecule has 0 aliphatic carbocycles. The number of nitrogens with one attached hydrogen (secondary N) is 1. The number of aromatic nitrogens is 1. The molecule has 6 nitrogen and oxygen atoms in total. The lowest BCUT2D eigenvalue weighted by molar-refractivity contribution is -0.385. The van der Waals surface area contributed by atoms with Gasteiger partial charge in [0.05, 0.1) is 17.4 Å². The van der Waals surface area contributed by atoms with E-state index in [4.69, 9.17) is 5.26 Å². The van der Waals surface area contributed by atoms with Crippen LogP contribution in [0.1, 0.15) is 6.42 Å². The molecule has 0 spiro atoms. The topological polar surface area (TPSA) is 91.8 Å². The number of anilines is 1. The van der Waals surface area contributed by atoms with Crippen molar-refractivity contribution in [3.05, 3.63) is 28.4 Å². The highest BCUT2D eigenvalue weighted by molar-refractivity contribution is 5.39.